The lowest BCUT2D eigenvalue weighted by molar-refractivity contribution is 0.511. The maximum absolute atomic E-state index is 2.33. The number of rotatable bonds is 4. The van der Waals surface area contributed by atoms with Crippen molar-refractivity contribution in [1.29, 1.82) is 0 Å². The Morgan fingerprint density at radius 3 is 2.58 bits per heavy atom. The van der Waals surface area contributed by atoms with Crippen molar-refractivity contribution >= 4 is 17.8 Å². The molecule has 3 rings (SSSR count). The average Bonchev–Trinajstić information content (AvgIpc) is 2.61. The van der Waals surface area contributed by atoms with Crippen molar-refractivity contribution in [3.8, 4) is 0 Å². The highest BCUT2D eigenvalue weighted by molar-refractivity contribution is 8.02. The first-order chi connectivity index (χ1) is 11.7. The third-order valence-electron chi connectivity index (χ3n) is 4.34. The monoisotopic (exact) mass is 333 g/mol. The van der Waals surface area contributed by atoms with Crippen molar-refractivity contribution in [2.24, 2.45) is 0 Å². The van der Waals surface area contributed by atoms with Gasteiger partial charge in [-0.2, -0.15) is 0 Å². The third kappa shape index (κ3) is 4.21. The van der Waals surface area contributed by atoms with E-state index in [1.165, 1.54) is 27.3 Å². The molecule has 122 valence electrons. The molecule has 0 aromatic heterocycles. The largest absolute Gasteiger partial charge is 0.348 e. The van der Waals surface area contributed by atoms with Gasteiger partial charge >= 0.3 is 0 Å². The summed E-state index contributed by atoms with van der Waals surface area (Å²) >= 11 is 1.76. The summed E-state index contributed by atoms with van der Waals surface area (Å²) in [5.41, 5.74) is 5.49. The highest BCUT2D eigenvalue weighted by Gasteiger charge is 2.10. The minimum Gasteiger partial charge on any atom is -0.348 e. The molecule has 0 spiro atoms. The minimum atomic E-state index is 0.891. The van der Waals surface area contributed by atoms with Crippen LogP contribution in [-0.2, 0) is 6.42 Å². The normalized spacial score (nSPS) is 19.0. The summed E-state index contributed by atoms with van der Waals surface area (Å²) in [5.74, 6) is 0. The first-order valence-corrected chi connectivity index (χ1v) is 9.18. The van der Waals surface area contributed by atoms with Crippen LogP contribution in [0, 0.1) is 0 Å². The van der Waals surface area contributed by atoms with Crippen molar-refractivity contribution in [2.75, 3.05) is 6.54 Å². The molecule has 0 saturated carbocycles. The Balaban J connectivity index is 1.71. The molecule has 0 bridgehead atoms. The van der Waals surface area contributed by atoms with E-state index in [1.807, 2.05) is 6.07 Å². The molecule has 2 heteroatoms. The van der Waals surface area contributed by atoms with Crippen LogP contribution in [0.3, 0.4) is 0 Å². The molecule has 0 atom stereocenters. The van der Waals surface area contributed by atoms with Gasteiger partial charge in [-0.05, 0) is 60.6 Å². The zero-order valence-corrected chi connectivity index (χ0v) is 15.1. The SMILES string of the molecule is C/C1=C(\C)N(C/C=C/Sc2ccccc2)/C=C\c2ccccc2C1. The molecule has 1 heterocycles. The van der Waals surface area contributed by atoms with E-state index in [4.69, 9.17) is 0 Å². The van der Waals surface area contributed by atoms with Crippen LogP contribution in [0.25, 0.3) is 6.08 Å². The molecule has 0 aliphatic carbocycles. The molecule has 2 aromatic carbocycles. The van der Waals surface area contributed by atoms with Gasteiger partial charge in [0.15, 0.2) is 0 Å². The van der Waals surface area contributed by atoms with E-state index in [-0.39, 0.29) is 0 Å². The summed E-state index contributed by atoms with van der Waals surface area (Å²) in [6, 6.07) is 19.1. The number of hydrogen-bond donors (Lipinski definition) is 0. The third-order valence-corrected chi connectivity index (χ3v) is 5.21. The molecule has 1 aliphatic heterocycles. The first-order valence-electron chi connectivity index (χ1n) is 8.30. The summed E-state index contributed by atoms with van der Waals surface area (Å²) in [6.07, 6.45) is 7.68. The summed E-state index contributed by atoms with van der Waals surface area (Å²) in [5, 5.41) is 2.18. The molecule has 1 nitrogen and oxygen atoms in total. The quantitative estimate of drug-likeness (QED) is 0.620. The Bertz CT molecular complexity index is 772. The second-order valence-electron chi connectivity index (χ2n) is 6.01. The number of nitrogens with zero attached hydrogens (tertiary/aromatic N) is 1. The Labute approximate surface area is 149 Å². The van der Waals surface area contributed by atoms with Gasteiger partial charge in [0.2, 0.25) is 0 Å². The van der Waals surface area contributed by atoms with Crippen LogP contribution in [0.2, 0.25) is 0 Å². The molecule has 0 radical (unpaired) electrons. The molecular weight excluding hydrogens is 310 g/mol. The van der Waals surface area contributed by atoms with E-state index in [1.54, 1.807) is 11.8 Å². The smallest absolute Gasteiger partial charge is 0.0410 e. The van der Waals surface area contributed by atoms with Crippen molar-refractivity contribution in [3.05, 3.63) is 94.7 Å². The van der Waals surface area contributed by atoms with Gasteiger partial charge < -0.3 is 4.90 Å². The molecule has 24 heavy (non-hydrogen) atoms. The second-order valence-corrected chi connectivity index (χ2v) is 6.99. The van der Waals surface area contributed by atoms with Crippen LogP contribution in [0.5, 0.6) is 0 Å². The topological polar surface area (TPSA) is 3.24 Å². The van der Waals surface area contributed by atoms with Crippen LogP contribution in [0.1, 0.15) is 25.0 Å². The maximum atomic E-state index is 2.33. The van der Waals surface area contributed by atoms with E-state index in [2.05, 4.69) is 91.0 Å². The Morgan fingerprint density at radius 1 is 1.00 bits per heavy atom. The Morgan fingerprint density at radius 2 is 1.75 bits per heavy atom. The molecule has 0 N–H and O–H groups in total. The van der Waals surface area contributed by atoms with Crippen LogP contribution >= 0.6 is 11.8 Å². The predicted octanol–water partition coefficient (Wildman–Crippen LogP) is 6.12. The van der Waals surface area contributed by atoms with Crippen molar-refractivity contribution in [3.63, 3.8) is 0 Å². The van der Waals surface area contributed by atoms with Gasteiger partial charge in [-0.25, -0.2) is 0 Å². The van der Waals surface area contributed by atoms with E-state index >= 15 is 0 Å². The van der Waals surface area contributed by atoms with Gasteiger partial charge in [0.05, 0.1) is 0 Å². The summed E-state index contributed by atoms with van der Waals surface area (Å²) < 4.78 is 0. The summed E-state index contributed by atoms with van der Waals surface area (Å²) in [4.78, 5) is 3.60. The minimum absolute atomic E-state index is 0.891. The van der Waals surface area contributed by atoms with Crippen LogP contribution in [0.4, 0.5) is 0 Å². The molecule has 2 aromatic rings. The predicted molar refractivity (Wildman–Crippen MR) is 106 cm³/mol. The molecule has 0 amide bonds. The highest BCUT2D eigenvalue weighted by Crippen LogP contribution is 2.23. The lowest BCUT2D eigenvalue weighted by atomic mass is 9.98. The van der Waals surface area contributed by atoms with Gasteiger partial charge in [-0.1, -0.05) is 60.3 Å². The van der Waals surface area contributed by atoms with E-state index in [9.17, 15) is 0 Å². The highest BCUT2D eigenvalue weighted by atomic mass is 32.2. The van der Waals surface area contributed by atoms with Gasteiger partial charge in [-0.3, -0.25) is 0 Å². The van der Waals surface area contributed by atoms with E-state index in [0.717, 1.165) is 13.0 Å². The van der Waals surface area contributed by atoms with Gasteiger partial charge in [0, 0.05) is 23.3 Å². The average molecular weight is 334 g/mol. The van der Waals surface area contributed by atoms with Crippen molar-refractivity contribution < 1.29 is 0 Å². The van der Waals surface area contributed by atoms with Gasteiger partial charge in [0.25, 0.3) is 0 Å². The van der Waals surface area contributed by atoms with Gasteiger partial charge in [-0.15, -0.1) is 0 Å². The number of thioether (sulfide) groups is 1. The first kappa shape index (κ1) is 16.7. The Kier molecular flexibility index (Phi) is 5.60. The maximum Gasteiger partial charge on any atom is 0.0410 e. The van der Waals surface area contributed by atoms with Gasteiger partial charge in [0.1, 0.15) is 0 Å². The van der Waals surface area contributed by atoms with E-state index < -0.39 is 0 Å². The molecule has 0 unspecified atom stereocenters. The lowest BCUT2D eigenvalue weighted by Crippen LogP contribution is -2.17. The number of hydrogen-bond acceptors (Lipinski definition) is 2. The van der Waals surface area contributed by atoms with Crippen molar-refractivity contribution in [1.82, 2.24) is 4.90 Å². The fraction of sp³-hybridized carbons (Fsp3) is 0.182. The fourth-order valence-corrected chi connectivity index (χ4v) is 3.43. The standard InChI is InChI=1S/C22H23NS/c1-18-17-21-10-7-6-9-20(21)13-15-23(19(18)2)14-8-16-24-22-11-4-3-5-12-22/h3-13,15-16H,14,17H2,1-2H3/b15-13-,16-8+,19-18-. The Hall–Kier alpha value is -2.19. The van der Waals surface area contributed by atoms with Crippen LogP contribution in [0.15, 0.2) is 88.4 Å². The second kappa shape index (κ2) is 8.07. The molecule has 1 aliphatic rings. The number of benzene rings is 2. The number of allylic oxidation sites excluding steroid dienone is 2. The summed E-state index contributed by atoms with van der Waals surface area (Å²) in [7, 11) is 0. The number of fused-ring (bicyclic) bond motifs is 1. The van der Waals surface area contributed by atoms with Crippen LogP contribution < -0.4 is 0 Å². The molecule has 0 saturated heterocycles. The molecular formula is C22H23NS. The zero-order valence-electron chi connectivity index (χ0n) is 14.3. The molecule has 0 fully saturated rings. The van der Waals surface area contributed by atoms with Crippen LogP contribution in [-0.4, -0.2) is 11.4 Å². The fourth-order valence-electron chi connectivity index (χ4n) is 2.78. The lowest BCUT2D eigenvalue weighted by Gasteiger charge is -2.24. The zero-order chi connectivity index (χ0) is 16.8. The summed E-state index contributed by atoms with van der Waals surface area (Å²) in [6.45, 7) is 5.34. The van der Waals surface area contributed by atoms with E-state index in [0.29, 0.717) is 0 Å². The van der Waals surface area contributed by atoms with Crippen molar-refractivity contribution in [2.45, 2.75) is 25.2 Å².